The van der Waals surface area contributed by atoms with E-state index in [0.29, 0.717) is 6.79 Å². The molecule has 0 radical (unpaired) electrons. The van der Waals surface area contributed by atoms with Gasteiger partial charge in [-0.3, -0.25) is 4.90 Å². The van der Waals surface area contributed by atoms with E-state index in [1.165, 1.54) is 5.56 Å². The third kappa shape index (κ3) is 1.74. The average Bonchev–Trinajstić information content (AvgIpc) is 2.61. The summed E-state index contributed by atoms with van der Waals surface area (Å²) in [5.74, 6) is 1.64. The molecule has 3 rings (SSSR count). The highest BCUT2D eigenvalue weighted by Crippen LogP contribution is 2.33. The van der Waals surface area contributed by atoms with Gasteiger partial charge in [0.05, 0.1) is 5.60 Å². The van der Waals surface area contributed by atoms with Gasteiger partial charge >= 0.3 is 0 Å². The van der Waals surface area contributed by atoms with Crippen molar-refractivity contribution in [3.63, 3.8) is 0 Å². The molecule has 86 valence electrons. The maximum absolute atomic E-state index is 9.63. The second-order valence-corrected chi connectivity index (χ2v) is 4.83. The van der Waals surface area contributed by atoms with Crippen molar-refractivity contribution in [2.45, 2.75) is 19.1 Å². The molecule has 0 unspecified atom stereocenters. The minimum absolute atomic E-state index is 0.317. The summed E-state index contributed by atoms with van der Waals surface area (Å²) >= 11 is 0. The van der Waals surface area contributed by atoms with Crippen LogP contribution in [0.25, 0.3) is 0 Å². The smallest absolute Gasteiger partial charge is 0.231 e. The first kappa shape index (κ1) is 9.93. The Morgan fingerprint density at radius 2 is 2.06 bits per heavy atom. The van der Waals surface area contributed by atoms with Gasteiger partial charge in [0.15, 0.2) is 11.5 Å². The molecule has 1 N–H and O–H groups in total. The standard InChI is InChI=1S/C12H15NO3/c1-12(14)6-13(7-12)5-9-2-3-10-11(4-9)16-8-15-10/h2-4,14H,5-8H2,1H3. The Labute approximate surface area is 94.4 Å². The molecular formula is C12H15NO3. The molecule has 1 saturated heterocycles. The number of rotatable bonds is 2. The number of hydrogen-bond acceptors (Lipinski definition) is 4. The quantitative estimate of drug-likeness (QED) is 0.808. The molecule has 0 spiro atoms. The van der Waals surface area contributed by atoms with Crippen molar-refractivity contribution in [2.75, 3.05) is 19.9 Å². The molecule has 2 aliphatic heterocycles. The van der Waals surface area contributed by atoms with Gasteiger partial charge in [-0.05, 0) is 24.6 Å². The second kappa shape index (κ2) is 3.37. The molecule has 0 amide bonds. The predicted octanol–water partition coefficient (Wildman–Crippen LogP) is 0.982. The van der Waals surface area contributed by atoms with Crippen LogP contribution in [0.3, 0.4) is 0 Å². The monoisotopic (exact) mass is 221 g/mol. The van der Waals surface area contributed by atoms with Gasteiger partial charge in [0, 0.05) is 19.6 Å². The lowest BCUT2D eigenvalue weighted by Crippen LogP contribution is -2.59. The number of nitrogens with zero attached hydrogens (tertiary/aromatic N) is 1. The van der Waals surface area contributed by atoms with Crippen molar-refractivity contribution in [1.29, 1.82) is 0 Å². The third-order valence-corrected chi connectivity index (χ3v) is 2.97. The van der Waals surface area contributed by atoms with Crippen LogP contribution in [-0.4, -0.2) is 35.5 Å². The van der Waals surface area contributed by atoms with Gasteiger partial charge in [-0.25, -0.2) is 0 Å². The minimum atomic E-state index is -0.504. The van der Waals surface area contributed by atoms with Crippen molar-refractivity contribution in [3.8, 4) is 11.5 Å². The van der Waals surface area contributed by atoms with E-state index in [2.05, 4.69) is 4.90 Å². The van der Waals surface area contributed by atoms with Gasteiger partial charge in [-0.15, -0.1) is 0 Å². The third-order valence-electron chi connectivity index (χ3n) is 2.97. The molecule has 2 heterocycles. The highest BCUT2D eigenvalue weighted by Gasteiger charge is 2.36. The zero-order valence-corrected chi connectivity index (χ0v) is 9.27. The Hall–Kier alpha value is -1.26. The number of β-amino-alcohol motifs (C(OH)–C–C–N with tert-alkyl or cyclic N) is 1. The number of ether oxygens (including phenoxy) is 2. The molecular weight excluding hydrogens is 206 g/mol. The van der Waals surface area contributed by atoms with Crippen LogP contribution in [0.2, 0.25) is 0 Å². The molecule has 4 heteroatoms. The van der Waals surface area contributed by atoms with Crippen LogP contribution in [-0.2, 0) is 6.54 Å². The molecule has 0 aliphatic carbocycles. The van der Waals surface area contributed by atoms with Crippen molar-refractivity contribution in [3.05, 3.63) is 23.8 Å². The summed E-state index contributed by atoms with van der Waals surface area (Å²) in [5.41, 5.74) is 0.691. The lowest BCUT2D eigenvalue weighted by atomic mass is 9.96. The fourth-order valence-corrected chi connectivity index (χ4v) is 2.33. The van der Waals surface area contributed by atoms with Crippen LogP contribution in [0, 0.1) is 0 Å². The molecule has 0 aromatic heterocycles. The lowest BCUT2D eigenvalue weighted by molar-refractivity contribution is -0.0871. The normalized spacial score (nSPS) is 21.9. The average molecular weight is 221 g/mol. The fraction of sp³-hybridized carbons (Fsp3) is 0.500. The van der Waals surface area contributed by atoms with Gasteiger partial charge in [0.2, 0.25) is 6.79 Å². The zero-order chi connectivity index (χ0) is 11.2. The Bertz CT molecular complexity index is 409. The Kier molecular flexibility index (Phi) is 2.09. The van der Waals surface area contributed by atoms with Gasteiger partial charge in [-0.2, -0.15) is 0 Å². The SMILES string of the molecule is CC1(O)CN(Cc2ccc3c(c2)OCO3)C1. The Balaban J connectivity index is 1.67. The van der Waals surface area contributed by atoms with Gasteiger partial charge in [0.25, 0.3) is 0 Å². The minimum Gasteiger partial charge on any atom is -0.454 e. The van der Waals surface area contributed by atoms with E-state index in [9.17, 15) is 5.11 Å². The van der Waals surface area contributed by atoms with E-state index in [-0.39, 0.29) is 0 Å². The first-order valence-electron chi connectivity index (χ1n) is 5.46. The molecule has 0 bridgehead atoms. The molecule has 1 fully saturated rings. The van der Waals surface area contributed by atoms with Crippen molar-refractivity contribution in [1.82, 2.24) is 4.90 Å². The summed E-state index contributed by atoms with van der Waals surface area (Å²) in [6.45, 7) is 4.51. The number of hydrogen-bond donors (Lipinski definition) is 1. The summed E-state index contributed by atoms with van der Waals surface area (Å²) in [7, 11) is 0. The van der Waals surface area contributed by atoms with Gasteiger partial charge in [0.1, 0.15) is 0 Å². The summed E-state index contributed by atoms with van der Waals surface area (Å²) in [5, 5.41) is 9.63. The highest BCUT2D eigenvalue weighted by atomic mass is 16.7. The number of likely N-dealkylation sites (tertiary alicyclic amines) is 1. The first-order chi connectivity index (χ1) is 7.62. The lowest BCUT2D eigenvalue weighted by Gasteiger charge is -2.44. The van der Waals surface area contributed by atoms with Crippen LogP contribution in [0.5, 0.6) is 11.5 Å². The summed E-state index contributed by atoms with van der Waals surface area (Å²) in [6.07, 6.45) is 0. The molecule has 16 heavy (non-hydrogen) atoms. The molecule has 2 aliphatic rings. The van der Waals surface area contributed by atoms with Gasteiger partial charge in [-0.1, -0.05) is 6.07 Å². The van der Waals surface area contributed by atoms with E-state index in [0.717, 1.165) is 31.1 Å². The number of aliphatic hydroxyl groups is 1. The topological polar surface area (TPSA) is 41.9 Å². The molecule has 0 saturated carbocycles. The molecule has 0 atom stereocenters. The molecule has 1 aromatic rings. The van der Waals surface area contributed by atoms with E-state index in [1.54, 1.807) is 0 Å². The maximum Gasteiger partial charge on any atom is 0.231 e. The first-order valence-corrected chi connectivity index (χ1v) is 5.46. The summed E-state index contributed by atoms with van der Waals surface area (Å²) in [6, 6.07) is 5.99. The largest absolute Gasteiger partial charge is 0.454 e. The second-order valence-electron chi connectivity index (χ2n) is 4.83. The highest BCUT2D eigenvalue weighted by molar-refractivity contribution is 5.44. The Morgan fingerprint density at radius 3 is 2.81 bits per heavy atom. The van der Waals surface area contributed by atoms with Crippen LogP contribution in [0.4, 0.5) is 0 Å². The van der Waals surface area contributed by atoms with Crippen LogP contribution >= 0.6 is 0 Å². The summed E-state index contributed by atoms with van der Waals surface area (Å²) < 4.78 is 10.6. The van der Waals surface area contributed by atoms with E-state index in [1.807, 2.05) is 25.1 Å². The van der Waals surface area contributed by atoms with Crippen molar-refractivity contribution in [2.24, 2.45) is 0 Å². The number of fused-ring (bicyclic) bond motifs is 1. The van der Waals surface area contributed by atoms with Crippen LogP contribution < -0.4 is 9.47 Å². The molecule has 4 nitrogen and oxygen atoms in total. The number of benzene rings is 1. The van der Waals surface area contributed by atoms with E-state index >= 15 is 0 Å². The van der Waals surface area contributed by atoms with Crippen LogP contribution in [0.15, 0.2) is 18.2 Å². The maximum atomic E-state index is 9.63. The summed E-state index contributed by atoms with van der Waals surface area (Å²) in [4.78, 5) is 2.21. The van der Waals surface area contributed by atoms with Crippen molar-refractivity contribution >= 4 is 0 Å². The Morgan fingerprint density at radius 1 is 1.31 bits per heavy atom. The molecule has 1 aromatic carbocycles. The fourth-order valence-electron chi connectivity index (χ4n) is 2.33. The van der Waals surface area contributed by atoms with E-state index < -0.39 is 5.60 Å². The predicted molar refractivity (Wildman–Crippen MR) is 58.5 cm³/mol. The van der Waals surface area contributed by atoms with Gasteiger partial charge < -0.3 is 14.6 Å². The zero-order valence-electron chi connectivity index (χ0n) is 9.27. The van der Waals surface area contributed by atoms with Crippen molar-refractivity contribution < 1.29 is 14.6 Å². The van der Waals surface area contributed by atoms with E-state index in [4.69, 9.17) is 9.47 Å². The van der Waals surface area contributed by atoms with Crippen LogP contribution in [0.1, 0.15) is 12.5 Å².